The Kier molecular flexibility index (Phi) is 7.46. The first-order valence-corrected chi connectivity index (χ1v) is 10.8. The van der Waals surface area contributed by atoms with Crippen LogP contribution in [0, 0.1) is 0 Å². The minimum atomic E-state index is -0.291. The summed E-state index contributed by atoms with van der Waals surface area (Å²) >= 11 is 0.243. The standard InChI is InChI=1S/C24H22O2Se/c25-24(26-19-21-12-6-2-7-13-21)17-16-23(18-20-10-4-1-5-11-20)27-22-14-8-3-9-15-22/h1-17,23H,18-19H2/b17-16+/t23-/m1/s1. The molecule has 2 nitrogen and oxygen atoms in total. The molecular formula is C24H22O2Se. The van der Waals surface area contributed by atoms with Gasteiger partial charge in [-0.15, -0.1) is 0 Å². The number of carbonyl (C=O) groups is 1. The molecule has 3 aromatic carbocycles. The Morgan fingerprint density at radius 1 is 0.815 bits per heavy atom. The summed E-state index contributed by atoms with van der Waals surface area (Å²) in [5.41, 5.74) is 2.27. The van der Waals surface area contributed by atoms with Gasteiger partial charge in [0.15, 0.2) is 0 Å². The Morgan fingerprint density at radius 2 is 1.37 bits per heavy atom. The molecule has 136 valence electrons. The van der Waals surface area contributed by atoms with Crippen LogP contribution in [-0.4, -0.2) is 20.9 Å². The van der Waals surface area contributed by atoms with Crippen molar-refractivity contribution in [2.24, 2.45) is 0 Å². The predicted octanol–water partition coefficient (Wildman–Crippen LogP) is 4.35. The van der Waals surface area contributed by atoms with Gasteiger partial charge >= 0.3 is 167 Å². The molecule has 0 radical (unpaired) electrons. The molecule has 27 heavy (non-hydrogen) atoms. The summed E-state index contributed by atoms with van der Waals surface area (Å²) in [5.74, 6) is -0.291. The van der Waals surface area contributed by atoms with Crippen LogP contribution < -0.4 is 4.46 Å². The van der Waals surface area contributed by atoms with E-state index in [0.29, 0.717) is 11.4 Å². The number of ether oxygens (including phenoxy) is 1. The zero-order valence-electron chi connectivity index (χ0n) is 15.0. The Balaban J connectivity index is 1.62. The molecule has 0 unspecified atom stereocenters. The fraction of sp³-hybridized carbons (Fsp3) is 0.125. The second-order valence-corrected chi connectivity index (χ2v) is 8.87. The molecule has 0 aliphatic carbocycles. The summed E-state index contributed by atoms with van der Waals surface area (Å²) in [6, 6.07) is 30.6. The third-order valence-corrected chi connectivity index (χ3v) is 6.44. The average Bonchev–Trinajstić information content (AvgIpc) is 2.73. The molecule has 3 rings (SSSR count). The molecule has 0 saturated heterocycles. The number of esters is 1. The second kappa shape index (κ2) is 10.5. The van der Waals surface area contributed by atoms with E-state index < -0.39 is 0 Å². The molecule has 0 aromatic heterocycles. The molecular weight excluding hydrogens is 399 g/mol. The number of benzene rings is 3. The van der Waals surface area contributed by atoms with Gasteiger partial charge in [0.2, 0.25) is 0 Å². The summed E-state index contributed by atoms with van der Waals surface area (Å²) in [4.78, 5) is 12.4. The van der Waals surface area contributed by atoms with Crippen LogP contribution in [0.4, 0.5) is 0 Å². The zero-order valence-corrected chi connectivity index (χ0v) is 16.7. The van der Waals surface area contributed by atoms with Gasteiger partial charge in [-0.2, -0.15) is 0 Å². The van der Waals surface area contributed by atoms with Crippen molar-refractivity contribution in [1.29, 1.82) is 0 Å². The van der Waals surface area contributed by atoms with E-state index in [1.54, 1.807) is 6.08 Å². The van der Waals surface area contributed by atoms with Crippen LogP contribution >= 0.6 is 0 Å². The van der Waals surface area contributed by atoms with Crippen LogP contribution in [0.25, 0.3) is 0 Å². The van der Waals surface area contributed by atoms with Crippen LogP contribution in [0.2, 0.25) is 4.82 Å². The maximum absolute atomic E-state index is 12.1. The molecule has 3 heteroatoms. The fourth-order valence-electron chi connectivity index (χ4n) is 2.63. The van der Waals surface area contributed by atoms with E-state index in [1.165, 1.54) is 10.0 Å². The van der Waals surface area contributed by atoms with Crippen molar-refractivity contribution in [2.75, 3.05) is 0 Å². The number of hydrogen-bond acceptors (Lipinski definition) is 2. The van der Waals surface area contributed by atoms with E-state index in [0.717, 1.165) is 12.0 Å². The van der Waals surface area contributed by atoms with Gasteiger partial charge in [0.25, 0.3) is 0 Å². The van der Waals surface area contributed by atoms with Crippen LogP contribution in [0.3, 0.4) is 0 Å². The van der Waals surface area contributed by atoms with E-state index in [9.17, 15) is 4.79 Å². The Labute approximate surface area is 167 Å². The van der Waals surface area contributed by atoms with Crippen molar-refractivity contribution in [3.63, 3.8) is 0 Å². The predicted molar refractivity (Wildman–Crippen MR) is 111 cm³/mol. The first-order chi connectivity index (χ1) is 13.3. The molecule has 1 atom stereocenters. The van der Waals surface area contributed by atoms with Crippen molar-refractivity contribution >= 4 is 25.4 Å². The minimum absolute atomic E-state index is 0.243. The van der Waals surface area contributed by atoms with E-state index in [1.807, 2.05) is 48.5 Å². The van der Waals surface area contributed by atoms with Crippen molar-refractivity contribution in [1.82, 2.24) is 0 Å². The normalized spacial score (nSPS) is 12.0. The Bertz CT molecular complexity index is 804. The number of hydrogen-bond donors (Lipinski definition) is 0. The summed E-state index contributed by atoms with van der Waals surface area (Å²) in [6.07, 6.45) is 4.51. The fourth-order valence-corrected chi connectivity index (χ4v) is 4.93. The Hall–Kier alpha value is -2.61. The van der Waals surface area contributed by atoms with E-state index in [4.69, 9.17) is 4.74 Å². The first kappa shape index (κ1) is 19.2. The average molecular weight is 421 g/mol. The quantitative estimate of drug-likeness (QED) is 0.307. The molecule has 0 saturated carbocycles. The van der Waals surface area contributed by atoms with Gasteiger partial charge in [-0.3, -0.25) is 0 Å². The summed E-state index contributed by atoms with van der Waals surface area (Å²) in [6.45, 7) is 0.303. The van der Waals surface area contributed by atoms with Crippen LogP contribution in [0.15, 0.2) is 103 Å². The van der Waals surface area contributed by atoms with E-state index in [-0.39, 0.29) is 20.9 Å². The number of rotatable bonds is 8. The van der Waals surface area contributed by atoms with Gasteiger partial charge in [0, 0.05) is 0 Å². The molecule has 0 aliphatic heterocycles. The molecule has 0 heterocycles. The summed E-state index contributed by atoms with van der Waals surface area (Å²) in [7, 11) is 0. The van der Waals surface area contributed by atoms with Gasteiger partial charge in [-0.1, -0.05) is 0 Å². The van der Waals surface area contributed by atoms with Gasteiger partial charge in [-0.05, 0) is 0 Å². The van der Waals surface area contributed by atoms with Crippen LogP contribution in [0.5, 0.6) is 0 Å². The van der Waals surface area contributed by atoms with Crippen LogP contribution in [-0.2, 0) is 22.6 Å². The van der Waals surface area contributed by atoms with Gasteiger partial charge in [0.1, 0.15) is 0 Å². The summed E-state index contributed by atoms with van der Waals surface area (Å²) < 4.78 is 6.69. The van der Waals surface area contributed by atoms with Crippen molar-refractivity contribution in [3.05, 3.63) is 114 Å². The molecule has 0 amide bonds. The van der Waals surface area contributed by atoms with Crippen molar-refractivity contribution in [2.45, 2.75) is 17.8 Å². The van der Waals surface area contributed by atoms with Crippen molar-refractivity contribution in [3.8, 4) is 0 Å². The third-order valence-electron chi connectivity index (χ3n) is 3.98. The number of allylic oxidation sites excluding steroid dienone is 1. The SMILES string of the molecule is O=C(/C=C/[C@H](Cc1ccccc1)[Se]c1ccccc1)OCc1ccccc1. The zero-order chi connectivity index (χ0) is 18.7. The van der Waals surface area contributed by atoms with E-state index in [2.05, 4.69) is 48.5 Å². The second-order valence-electron chi connectivity index (χ2n) is 6.11. The van der Waals surface area contributed by atoms with Crippen molar-refractivity contribution < 1.29 is 9.53 Å². The van der Waals surface area contributed by atoms with Crippen LogP contribution in [0.1, 0.15) is 11.1 Å². The molecule has 0 bridgehead atoms. The molecule has 3 aromatic rings. The van der Waals surface area contributed by atoms with Gasteiger partial charge < -0.3 is 0 Å². The first-order valence-electron chi connectivity index (χ1n) is 8.94. The summed E-state index contributed by atoms with van der Waals surface area (Å²) in [5, 5.41) is 0. The molecule has 0 spiro atoms. The number of carbonyl (C=O) groups excluding carboxylic acids is 1. The molecule has 0 fully saturated rings. The molecule has 0 N–H and O–H groups in total. The van der Waals surface area contributed by atoms with Gasteiger partial charge in [-0.25, -0.2) is 0 Å². The molecule has 0 aliphatic rings. The van der Waals surface area contributed by atoms with E-state index >= 15 is 0 Å². The van der Waals surface area contributed by atoms with Gasteiger partial charge in [0.05, 0.1) is 0 Å². The topological polar surface area (TPSA) is 26.3 Å². The Morgan fingerprint density at radius 3 is 2.00 bits per heavy atom. The third kappa shape index (κ3) is 6.90. The maximum atomic E-state index is 12.1. The monoisotopic (exact) mass is 422 g/mol.